The number of hydrogen-bond donors (Lipinski definition) is 3. The first-order valence-electron chi connectivity index (χ1n) is 5.17. The number of carboxylic acid groups (broad SMARTS) is 1. The minimum absolute atomic E-state index is 0.0729. The highest BCUT2D eigenvalue weighted by Crippen LogP contribution is 2.03. The fraction of sp³-hybridized carbons (Fsp3) is 0.800. The number of nitrogens with two attached hydrogens (primary N) is 1. The van der Waals surface area contributed by atoms with E-state index in [1.54, 1.807) is 13.8 Å². The molecule has 2 atom stereocenters. The summed E-state index contributed by atoms with van der Waals surface area (Å²) in [6.07, 6.45) is -0.301. The minimum Gasteiger partial charge on any atom is -0.480 e. The Labute approximate surface area is 95.1 Å². The number of carboxylic acids is 1. The molecule has 0 aromatic carbocycles. The molecule has 0 aliphatic rings. The average molecular weight is 232 g/mol. The number of rotatable bonds is 7. The minimum atomic E-state index is -1.04. The van der Waals surface area contributed by atoms with Gasteiger partial charge in [0.2, 0.25) is 5.91 Å². The average Bonchev–Trinajstić information content (AvgIpc) is 2.21. The summed E-state index contributed by atoms with van der Waals surface area (Å²) in [5.41, 5.74) is 5.36. The molecule has 4 N–H and O–H groups in total. The molecule has 1 unspecified atom stereocenters. The third-order valence-corrected chi connectivity index (χ3v) is 2.26. The molecular weight excluding hydrogens is 212 g/mol. The number of hydrogen-bond acceptors (Lipinski definition) is 4. The molecule has 0 aromatic heterocycles. The topological polar surface area (TPSA) is 102 Å². The van der Waals surface area contributed by atoms with Crippen LogP contribution < -0.4 is 11.1 Å². The van der Waals surface area contributed by atoms with Crippen molar-refractivity contribution in [2.75, 3.05) is 13.7 Å². The number of amides is 1. The van der Waals surface area contributed by atoms with Crippen LogP contribution in [0.25, 0.3) is 0 Å². The summed E-state index contributed by atoms with van der Waals surface area (Å²) in [4.78, 5) is 22.3. The summed E-state index contributed by atoms with van der Waals surface area (Å²) in [5.74, 6) is -1.57. The molecule has 0 heterocycles. The van der Waals surface area contributed by atoms with E-state index < -0.39 is 12.0 Å². The summed E-state index contributed by atoms with van der Waals surface area (Å²) in [5, 5.41) is 11.3. The fourth-order valence-electron chi connectivity index (χ4n) is 1.22. The molecule has 0 saturated carbocycles. The Bertz CT molecular complexity index is 239. The zero-order chi connectivity index (χ0) is 12.7. The van der Waals surface area contributed by atoms with Crippen molar-refractivity contribution in [3.05, 3.63) is 0 Å². The molecule has 16 heavy (non-hydrogen) atoms. The van der Waals surface area contributed by atoms with Gasteiger partial charge in [0.15, 0.2) is 0 Å². The van der Waals surface area contributed by atoms with Gasteiger partial charge in [0.1, 0.15) is 6.04 Å². The molecule has 0 spiro atoms. The lowest BCUT2D eigenvalue weighted by atomic mass is 10.0. The zero-order valence-electron chi connectivity index (χ0n) is 9.90. The monoisotopic (exact) mass is 232 g/mol. The smallest absolute Gasteiger partial charge is 0.326 e. The van der Waals surface area contributed by atoms with Gasteiger partial charge in [0.25, 0.3) is 0 Å². The highest BCUT2D eigenvalue weighted by Gasteiger charge is 2.24. The van der Waals surface area contributed by atoms with E-state index in [1.165, 1.54) is 7.11 Å². The molecule has 0 fully saturated rings. The molecule has 0 aliphatic carbocycles. The molecule has 0 saturated heterocycles. The van der Waals surface area contributed by atoms with Gasteiger partial charge in [-0.3, -0.25) is 4.79 Å². The lowest BCUT2D eigenvalue weighted by molar-refractivity contribution is -0.143. The van der Waals surface area contributed by atoms with E-state index in [1.807, 2.05) is 0 Å². The van der Waals surface area contributed by atoms with Crippen LogP contribution in [0.5, 0.6) is 0 Å². The second-order valence-corrected chi connectivity index (χ2v) is 3.92. The van der Waals surface area contributed by atoms with Crippen LogP contribution in [-0.2, 0) is 14.3 Å². The Morgan fingerprint density at radius 1 is 1.44 bits per heavy atom. The van der Waals surface area contributed by atoms with Crippen molar-refractivity contribution in [2.24, 2.45) is 11.7 Å². The number of aliphatic carboxylic acids is 1. The third kappa shape index (κ3) is 5.09. The second kappa shape index (κ2) is 7.19. The van der Waals surface area contributed by atoms with Gasteiger partial charge >= 0.3 is 5.97 Å². The summed E-state index contributed by atoms with van der Waals surface area (Å²) >= 11 is 0. The van der Waals surface area contributed by atoms with Crippen molar-refractivity contribution in [1.29, 1.82) is 0 Å². The van der Waals surface area contributed by atoms with Crippen LogP contribution in [-0.4, -0.2) is 42.8 Å². The van der Waals surface area contributed by atoms with Crippen LogP contribution >= 0.6 is 0 Å². The van der Waals surface area contributed by atoms with Crippen molar-refractivity contribution < 1.29 is 19.4 Å². The Kier molecular flexibility index (Phi) is 6.67. The Balaban J connectivity index is 4.25. The van der Waals surface area contributed by atoms with E-state index in [9.17, 15) is 9.59 Å². The van der Waals surface area contributed by atoms with Gasteiger partial charge in [-0.2, -0.15) is 0 Å². The summed E-state index contributed by atoms with van der Waals surface area (Å²) < 4.78 is 4.94. The predicted octanol–water partition coefficient (Wildman–Crippen LogP) is -0.424. The predicted molar refractivity (Wildman–Crippen MR) is 58.9 cm³/mol. The van der Waals surface area contributed by atoms with Crippen molar-refractivity contribution in [2.45, 2.75) is 32.4 Å². The highest BCUT2D eigenvalue weighted by atomic mass is 16.5. The van der Waals surface area contributed by atoms with E-state index in [0.717, 1.165) is 0 Å². The van der Waals surface area contributed by atoms with Crippen LogP contribution in [0.4, 0.5) is 0 Å². The number of ether oxygens (including phenoxy) is 1. The normalized spacial score (nSPS) is 14.6. The maximum absolute atomic E-state index is 11.5. The van der Waals surface area contributed by atoms with Crippen LogP contribution in [0.3, 0.4) is 0 Å². The number of methoxy groups -OCH3 is 1. The van der Waals surface area contributed by atoms with Crippen LogP contribution in [0.15, 0.2) is 0 Å². The zero-order valence-corrected chi connectivity index (χ0v) is 9.90. The Morgan fingerprint density at radius 2 is 2.00 bits per heavy atom. The molecule has 6 heteroatoms. The van der Waals surface area contributed by atoms with Gasteiger partial charge in [0.05, 0.1) is 12.5 Å². The van der Waals surface area contributed by atoms with E-state index in [2.05, 4.69) is 5.32 Å². The summed E-state index contributed by atoms with van der Waals surface area (Å²) in [6, 6.07) is -0.872. The van der Waals surface area contributed by atoms with E-state index in [4.69, 9.17) is 15.6 Å². The fourth-order valence-corrected chi connectivity index (χ4v) is 1.22. The summed E-state index contributed by atoms with van der Waals surface area (Å²) in [6.45, 7) is 3.69. The van der Waals surface area contributed by atoms with Crippen LogP contribution in [0.2, 0.25) is 0 Å². The second-order valence-electron chi connectivity index (χ2n) is 3.92. The van der Waals surface area contributed by atoms with Crippen molar-refractivity contribution in [3.8, 4) is 0 Å². The Hall–Kier alpha value is -1.14. The van der Waals surface area contributed by atoms with Gasteiger partial charge in [-0.25, -0.2) is 4.79 Å². The molecule has 0 rings (SSSR count). The van der Waals surface area contributed by atoms with E-state index >= 15 is 0 Å². The van der Waals surface area contributed by atoms with Crippen LogP contribution in [0, 0.1) is 5.92 Å². The van der Waals surface area contributed by atoms with Gasteiger partial charge < -0.3 is 20.9 Å². The molecule has 6 nitrogen and oxygen atoms in total. The maximum Gasteiger partial charge on any atom is 0.326 e. The van der Waals surface area contributed by atoms with Gasteiger partial charge in [-0.05, 0) is 5.92 Å². The van der Waals surface area contributed by atoms with Crippen molar-refractivity contribution in [1.82, 2.24) is 5.32 Å². The van der Waals surface area contributed by atoms with E-state index in [-0.39, 0.29) is 30.9 Å². The van der Waals surface area contributed by atoms with Gasteiger partial charge in [-0.1, -0.05) is 13.8 Å². The summed E-state index contributed by atoms with van der Waals surface area (Å²) in [7, 11) is 1.46. The SMILES string of the molecule is COC(CN)CC(=O)N[C@@H](C(=O)O)C(C)C. The molecule has 0 bridgehead atoms. The number of carbonyl (C=O) groups is 2. The third-order valence-electron chi connectivity index (χ3n) is 2.26. The lowest BCUT2D eigenvalue weighted by Gasteiger charge is -2.19. The molecular formula is C10H20N2O4. The van der Waals surface area contributed by atoms with E-state index in [0.29, 0.717) is 0 Å². The maximum atomic E-state index is 11.5. The Morgan fingerprint density at radius 3 is 2.31 bits per heavy atom. The highest BCUT2D eigenvalue weighted by molar-refractivity contribution is 5.83. The van der Waals surface area contributed by atoms with Crippen molar-refractivity contribution in [3.63, 3.8) is 0 Å². The molecule has 94 valence electrons. The quantitative estimate of drug-likeness (QED) is 0.553. The molecule has 0 radical (unpaired) electrons. The molecule has 1 amide bonds. The van der Waals surface area contributed by atoms with Crippen molar-refractivity contribution >= 4 is 11.9 Å². The standard InChI is InChI=1S/C10H20N2O4/c1-6(2)9(10(14)15)12-8(13)4-7(5-11)16-3/h6-7,9H,4-5,11H2,1-3H3,(H,12,13)(H,14,15)/t7?,9-/m1/s1. The molecule has 0 aliphatic heterocycles. The largest absolute Gasteiger partial charge is 0.480 e. The van der Waals surface area contributed by atoms with Gasteiger partial charge in [-0.15, -0.1) is 0 Å². The lowest BCUT2D eigenvalue weighted by Crippen LogP contribution is -2.45. The first-order valence-corrected chi connectivity index (χ1v) is 5.17. The van der Waals surface area contributed by atoms with Crippen LogP contribution in [0.1, 0.15) is 20.3 Å². The van der Waals surface area contributed by atoms with Gasteiger partial charge in [0, 0.05) is 13.7 Å². The number of carbonyl (C=O) groups excluding carboxylic acids is 1. The number of nitrogens with one attached hydrogen (secondary N) is 1. The first kappa shape index (κ1) is 14.9. The first-order chi connectivity index (χ1) is 7.42. The molecule has 0 aromatic rings.